The summed E-state index contributed by atoms with van der Waals surface area (Å²) in [4.78, 5) is 10.8. The van der Waals surface area contributed by atoms with Crippen LogP contribution < -0.4 is 4.74 Å². The third-order valence-corrected chi connectivity index (χ3v) is 2.59. The lowest BCUT2D eigenvalue weighted by Crippen LogP contribution is -1.91. The van der Waals surface area contributed by atoms with Gasteiger partial charge < -0.3 is 18.7 Å². The van der Waals surface area contributed by atoms with E-state index in [1.165, 1.54) is 13.2 Å². The minimum absolute atomic E-state index is 0.119. The highest BCUT2D eigenvalue weighted by molar-refractivity contribution is 6.02. The Morgan fingerprint density at radius 3 is 2.82 bits per heavy atom. The summed E-state index contributed by atoms with van der Waals surface area (Å²) in [5.41, 5.74) is 0.929. The number of rotatable bonds is 2. The second-order valence-electron chi connectivity index (χ2n) is 3.58. The largest absolute Gasteiger partial charge is 0.490 e. The molecule has 5 heteroatoms. The number of hydrogen-bond acceptors (Lipinski definition) is 4. The average Bonchev–Trinajstić information content (AvgIpc) is 2.90. The predicted molar refractivity (Wildman–Crippen MR) is 59.5 cm³/mol. The van der Waals surface area contributed by atoms with Crippen molar-refractivity contribution in [3.8, 4) is 5.75 Å². The number of benzene rings is 1. The van der Waals surface area contributed by atoms with Crippen molar-refractivity contribution in [3.05, 3.63) is 30.2 Å². The molecule has 0 fully saturated rings. The molecule has 0 unspecified atom stereocenters. The normalized spacial score (nSPS) is 11.1. The summed E-state index contributed by atoms with van der Waals surface area (Å²) in [7, 11) is 1.49. The average molecular weight is 232 g/mol. The molecule has 0 saturated carbocycles. The minimum atomic E-state index is -1.11. The molecule has 0 aliphatic rings. The van der Waals surface area contributed by atoms with Crippen LogP contribution in [-0.4, -0.2) is 18.2 Å². The SMILES string of the molecule is COc1c2occc2cc2cc(C(=O)O)oc12. The Kier molecular flexibility index (Phi) is 1.89. The first-order valence-corrected chi connectivity index (χ1v) is 4.91. The van der Waals surface area contributed by atoms with Gasteiger partial charge in [0.1, 0.15) is 0 Å². The first-order valence-electron chi connectivity index (χ1n) is 4.91. The van der Waals surface area contributed by atoms with Gasteiger partial charge in [0.2, 0.25) is 11.5 Å². The van der Waals surface area contributed by atoms with Crippen molar-refractivity contribution in [2.24, 2.45) is 0 Å². The summed E-state index contributed by atoms with van der Waals surface area (Å²) >= 11 is 0. The van der Waals surface area contributed by atoms with E-state index in [0.717, 1.165) is 5.39 Å². The standard InChI is InChI=1S/C12H8O5/c1-15-11-9-6(2-3-16-9)4-7-5-8(12(13)14)17-10(7)11/h2-5H,1H3,(H,13,14). The van der Waals surface area contributed by atoms with Crippen LogP contribution in [0.1, 0.15) is 10.6 Å². The predicted octanol–water partition coefficient (Wildman–Crippen LogP) is 2.89. The number of ether oxygens (including phenoxy) is 1. The van der Waals surface area contributed by atoms with E-state index in [0.29, 0.717) is 22.3 Å². The quantitative estimate of drug-likeness (QED) is 0.735. The Balaban J connectivity index is 2.45. The Bertz CT molecular complexity index is 719. The third-order valence-electron chi connectivity index (χ3n) is 2.59. The Hall–Kier alpha value is -2.43. The van der Waals surface area contributed by atoms with Crippen molar-refractivity contribution in [3.63, 3.8) is 0 Å². The van der Waals surface area contributed by atoms with E-state index in [-0.39, 0.29) is 5.76 Å². The van der Waals surface area contributed by atoms with E-state index >= 15 is 0 Å². The zero-order valence-corrected chi connectivity index (χ0v) is 8.89. The molecule has 0 saturated heterocycles. The van der Waals surface area contributed by atoms with Crippen molar-refractivity contribution < 1.29 is 23.5 Å². The summed E-state index contributed by atoms with van der Waals surface area (Å²) in [6.07, 6.45) is 1.55. The van der Waals surface area contributed by atoms with Crippen molar-refractivity contribution in [2.75, 3.05) is 7.11 Å². The minimum Gasteiger partial charge on any atom is -0.490 e. The van der Waals surface area contributed by atoms with E-state index in [2.05, 4.69) is 0 Å². The Morgan fingerprint density at radius 1 is 1.29 bits per heavy atom. The van der Waals surface area contributed by atoms with Crippen molar-refractivity contribution in [1.29, 1.82) is 0 Å². The molecule has 3 rings (SSSR count). The van der Waals surface area contributed by atoms with Crippen LogP contribution in [0, 0.1) is 0 Å². The topological polar surface area (TPSA) is 72.8 Å². The summed E-state index contributed by atoms with van der Waals surface area (Å²) < 4.78 is 15.7. The van der Waals surface area contributed by atoms with E-state index in [1.807, 2.05) is 0 Å². The zero-order chi connectivity index (χ0) is 12.0. The van der Waals surface area contributed by atoms with Gasteiger partial charge in [-0.05, 0) is 18.2 Å². The number of carboxylic acids is 1. The van der Waals surface area contributed by atoms with Crippen LogP contribution in [0.25, 0.3) is 21.9 Å². The highest BCUT2D eigenvalue weighted by atomic mass is 16.5. The molecule has 0 aliphatic carbocycles. The van der Waals surface area contributed by atoms with Crippen LogP contribution in [0.4, 0.5) is 0 Å². The van der Waals surface area contributed by atoms with Crippen molar-refractivity contribution >= 4 is 27.9 Å². The first kappa shape index (κ1) is 9.77. The number of fused-ring (bicyclic) bond motifs is 2. The monoisotopic (exact) mass is 232 g/mol. The second kappa shape index (κ2) is 3.28. The molecule has 17 heavy (non-hydrogen) atoms. The lowest BCUT2D eigenvalue weighted by Gasteiger charge is -2.00. The molecule has 1 N–H and O–H groups in total. The van der Waals surface area contributed by atoms with Crippen LogP contribution in [0.3, 0.4) is 0 Å². The molecule has 5 nitrogen and oxygen atoms in total. The van der Waals surface area contributed by atoms with E-state index < -0.39 is 5.97 Å². The molecular formula is C12H8O5. The molecule has 0 amide bonds. The summed E-state index contributed by atoms with van der Waals surface area (Å²) in [6.45, 7) is 0. The van der Waals surface area contributed by atoms with Crippen LogP contribution >= 0.6 is 0 Å². The molecule has 0 aliphatic heterocycles. The smallest absolute Gasteiger partial charge is 0.371 e. The lowest BCUT2D eigenvalue weighted by molar-refractivity contribution is 0.0665. The van der Waals surface area contributed by atoms with Crippen LogP contribution in [-0.2, 0) is 0 Å². The molecule has 0 spiro atoms. The van der Waals surface area contributed by atoms with Gasteiger partial charge in [0.15, 0.2) is 11.2 Å². The molecule has 1 aromatic carbocycles. The summed E-state index contributed by atoms with van der Waals surface area (Å²) in [5, 5.41) is 10.4. The van der Waals surface area contributed by atoms with Crippen molar-refractivity contribution in [2.45, 2.75) is 0 Å². The molecule has 0 atom stereocenters. The lowest BCUT2D eigenvalue weighted by atomic mass is 10.2. The van der Waals surface area contributed by atoms with Gasteiger partial charge in [0, 0.05) is 10.8 Å². The van der Waals surface area contributed by atoms with Gasteiger partial charge in [-0.25, -0.2) is 4.79 Å². The fourth-order valence-corrected chi connectivity index (χ4v) is 1.87. The number of hydrogen-bond donors (Lipinski definition) is 1. The molecule has 2 heterocycles. The van der Waals surface area contributed by atoms with E-state index in [4.69, 9.17) is 18.7 Å². The highest BCUT2D eigenvalue weighted by Gasteiger charge is 2.18. The molecule has 0 radical (unpaired) electrons. The van der Waals surface area contributed by atoms with E-state index in [9.17, 15) is 4.79 Å². The maximum atomic E-state index is 10.8. The number of carbonyl (C=O) groups is 1. The molecule has 3 aromatic rings. The number of furan rings is 2. The fraction of sp³-hybridized carbons (Fsp3) is 0.0833. The van der Waals surface area contributed by atoms with Gasteiger partial charge in [0.05, 0.1) is 13.4 Å². The van der Waals surface area contributed by atoms with Crippen LogP contribution in [0.5, 0.6) is 5.75 Å². The summed E-state index contributed by atoms with van der Waals surface area (Å²) in [5.74, 6) is -0.819. The molecule has 0 bridgehead atoms. The Labute approximate surface area is 95.2 Å². The molecule has 2 aromatic heterocycles. The van der Waals surface area contributed by atoms with Gasteiger partial charge in [0.25, 0.3) is 0 Å². The number of carboxylic acid groups (broad SMARTS) is 1. The van der Waals surface area contributed by atoms with Crippen LogP contribution in [0.2, 0.25) is 0 Å². The third kappa shape index (κ3) is 1.29. The van der Waals surface area contributed by atoms with Gasteiger partial charge in [-0.1, -0.05) is 0 Å². The van der Waals surface area contributed by atoms with Gasteiger partial charge in [-0.2, -0.15) is 0 Å². The van der Waals surface area contributed by atoms with Crippen molar-refractivity contribution in [1.82, 2.24) is 0 Å². The zero-order valence-electron chi connectivity index (χ0n) is 8.89. The number of methoxy groups -OCH3 is 1. The van der Waals surface area contributed by atoms with E-state index in [1.54, 1.807) is 18.4 Å². The maximum absolute atomic E-state index is 10.8. The van der Waals surface area contributed by atoms with Gasteiger partial charge >= 0.3 is 5.97 Å². The first-order chi connectivity index (χ1) is 8.20. The van der Waals surface area contributed by atoms with Gasteiger partial charge in [-0.15, -0.1) is 0 Å². The molecule has 86 valence electrons. The summed E-state index contributed by atoms with van der Waals surface area (Å²) in [6, 6.07) is 5.05. The Morgan fingerprint density at radius 2 is 2.12 bits per heavy atom. The maximum Gasteiger partial charge on any atom is 0.371 e. The number of aromatic carboxylic acids is 1. The molecular weight excluding hydrogens is 224 g/mol. The fourth-order valence-electron chi connectivity index (χ4n) is 1.87. The van der Waals surface area contributed by atoms with Gasteiger partial charge in [-0.3, -0.25) is 0 Å². The van der Waals surface area contributed by atoms with Crippen LogP contribution in [0.15, 0.2) is 33.3 Å². The second-order valence-corrected chi connectivity index (χ2v) is 3.58. The highest BCUT2D eigenvalue weighted by Crippen LogP contribution is 2.36.